The fraction of sp³-hybridized carbons (Fsp3) is 0.231. The molecule has 0 aliphatic heterocycles. The molecular formula is C13H12F3N3S. The molecule has 2 aromatic rings. The van der Waals surface area contributed by atoms with Crippen LogP contribution >= 0.6 is 11.8 Å². The highest BCUT2D eigenvalue weighted by Crippen LogP contribution is 2.34. The molecule has 106 valence electrons. The summed E-state index contributed by atoms with van der Waals surface area (Å²) in [6.07, 6.45) is -2.81. The molecule has 1 N–H and O–H groups in total. The number of alkyl halides is 3. The minimum absolute atomic E-state index is 0.209. The second-order valence-corrected chi connectivity index (χ2v) is 4.92. The molecule has 0 spiro atoms. The van der Waals surface area contributed by atoms with Gasteiger partial charge in [-0.1, -0.05) is 17.8 Å². The van der Waals surface area contributed by atoms with Crippen LogP contribution in [0, 0.1) is 0 Å². The predicted molar refractivity (Wildman–Crippen MR) is 71.8 cm³/mol. The van der Waals surface area contributed by atoms with Crippen molar-refractivity contribution in [2.45, 2.75) is 23.2 Å². The highest BCUT2D eigenvalue weighted by atomic mass is 32.2. The Morgan fingerprint density at radius 1 is 1.20 bits per heavy atom. The zero-order valence-corrected chi connectivity index (χ0v) is 11.4. The monoisotopic (exact) mass is 299 g/mol. The van der Waals surface area contributed by atoms with Crippen molar-refractivity contribution in [2.75, 3.05) is 11.9 Å². The maximum atomic E-state index is 12.8. The summed E-state index contributed by atoms with van der Waals surface area (Å²) in [6, 6.07) is 7.27. The smallest absolute Gasteiger partial charge is 0.370 e. The van der Waals surface area contributed by atoms with Gasteiger partial charge in [-0.25, -0.2) is 9.97 Å². The summed E-state index contributed by atoms with van der Waals surface area (Å²) >= 11 is 1.10. The van der Waals surface area contributed by atoms with Crippen LogP contribution in [0.2, 0.25) is 0 Å². The number of hydrogen-bond donors (Lipinski definition) is 1. The van der Waals surface area contributed by atoms with Crippen molar-refractivity contribution >= 4 is 17.6 Å². The van der Waals surface area contributed by atoms with Gasteiger partial charge in [0, 0.05) is 12.7 Å². The molecule has 2 aromatic heterocycles. The van der Waals surface area contributed by atoms with Gasteiger partial charge in [0.2, 0.25) is 0 Å². The van der Waals surface area contributed by atoms with Gasteiger partial charge in [0.1, 0.15) is 15.9 Å². The van der Waals surface area contributed by atoms with E-state index in [1.165, 1.54) is 0 Å². The van der Waals surface area contributed by atoms with E-state index in [1.54, 1.807) is 31.3 Å². The fourth-order valence-electron chi connectivity index (χ4n) is 1.51. The molecule has 0 unspecified atom stereocenters. The summed E-state index contributed by atoms with van der Waals surface area (Å²) in [7, 11) is 0. The number of anilines is 1. The van der Waals surface area contributed by atoms with Crippen molar-refractivity contribution < 1.29 is 13.2 Å². The summed E-state index contributed by atoms with van der Waals surface area (Å²) in [5, 5.41) is 3.66. The lowest BCUT2D eigenvalue weighted by atomic mass is 10.2. The van der Waals surface area contributed by atoms with Crippen LogP contribution in [-0.2, 0) is 6.18 Å². The van der Waals surface area contributed by atoms with E-state index in [0.717, 1.165) is 23.9 Å². The van der Waals surface area contributed by atoms with Crippen LogP contribution < -0.4 is 5.32 Å². The van der Waals surface area contributed by atoms with Crippen molar-refractivity contribution in [3.8, 4) is 0 Å². The number of rotatable bonds is 4. The average molecular weight is 299 g/mol. The van der Waals surface area contributed by atoms with Crippen LogP contribution in [0.15, 0.2) is 46.6 Å². The molecule has 0 aliphatic rings. The molecule has 0 amide bonds. The summed E-state index contributed by atoms with van der Waals surface area (Å²) < 4.78 is 38.5. The quantitative estimate of drug-likeness (QED) is 0.923. The van der Waals surface area contributed by atoms with Gasteiger partial charge in [0.05, 0.1) is 5.56 Å². The SMILES string of the molecule is CCNc1cc(C(F)(F)F)cc(Sc2ccccn2)n1. The Bertz CT molecular complexity index is 573. The van der Waals surface area contributed by atoms with Crippen LogP contribution in [0.3, 0.4) is 0 Å². The first kappa shape index (κ1) is 14.6. The molecule has 0 bridgehead atoms. The van der Waals surface area contributed by atoms with Crippen LogP contribution in [-0.4, -0.2) is 16.5 Å². The molecule has 0 atom stereocenters. The molecule has 0 aromatic carbocycles. The first-order valence-electron chi connectivity index (χ1n) is 5.91. The Balaban J connectivity index is 2.34. The lowest BCUT2D eigenvalue weighted by Crippen LogP contribution is -2.08. The molecular weight excluding hydrogens is 287 g/mol. The van der Waals surface area contributed by atoms with Crippen LogP contribution in [0.1, 0.15) is 12.5 Å². The standard InChI is InChI=1S/C13H12F3N3S/c1-2-17-10-7-9(13(14,15)16)8-12(19-10)20-11-5-3-4-6-18-11/h3-8H,2H2,1H3,(H,17,19). The number of hydrogen-bond acceptors (Lipinski definition) is 4. The van der Waals surface area contributed by atoms with Crippen LogP contribution in [0.25, 0.3) is 0 Å². The third-order valence-electron chi connectivity index (χ3n) is 2.33. The van der Waals surface area contributed by atoms with E-state index >= 15 is 0 Å². The van der Waals surface area contributed by atoms with E-state index in [9.17, 15) is 13.2 Å². The molecule has 7 heteroatoms. The molecule has 0 radical (unpaired) electrons. The first-order chi connectivity index (χ1) is 9.49. The molecule has 2 rings (SSSR count). The van der Waals surface area contributed by atoms with E-state index in [0.29, 0.717) is 11.6 Å². The Morgan fingerprint density at radius 2 is 2.00 bits per heavy atom. The lowest BCUT2D eigenvalue weighted by molar-refractivity contribution is -0.137. The summed E-state index contributed by atoms with van der Waals surface area (Å²) in [5.41, 5.74) is -0.720. The molecule has 0 aliphatic carbocycles. The van der Waals surface area contributed by atoms with Gasteiger partial charge in [-0.3, -0.25) is 0 Å². The number of aromatic nitrogens is 2. The molecule has 2 heterocycles. The number of nitrogens with zero attached hydrogens (tertiary/aromatic N) is 2. The van der Waals surface area contributed by atoms with E-state index in [4.69, 9.17) is 0 Å². The van der Waals surface area contributed by atoms with Crippen molar-refractivity contribution in [3.63, 3.8) is 0 Å². The lowest BCUT2D eigenvalue weighted by Gasteiger charge is -2.11. The van der Waals surface area contributed by atoms with E-state index < -0.39 is 11.7 Å². The van der Waals surface area contributed by atoms with Crippen LogP contribution in [0.4, 0.5) is 19.0 Å². The minimum Gasteiger partial charge on any atom is -0.370 e. The van der Waals surface area contributed by atoms with Crippen molar-refractivity contribution in [2.24, 2.45) is 0 Å². The number of nitrogens with one attached hydrogen (secondary N) is 1. The maximum absolute atomic E-state index is 12.8. The number of pyridine rings is 2. The first-order valence-corrected chi connectivity index (χ1v) is 6.72. The molecule has 0 saturated heterocycles. The Kier molecular flexibility index (Phi) is 4.49. The molecule has 3 nitrogen and oxygen atoms in total. The molecule has 20 heavy (non-hydrogen) atoms. The van der Waals surface area contributed by atoms with Gasteiger partial charge >= 0.3 is 6.18 Å². The minimum atomic E-state index is -4.40. The predicted octanol–water partition coefficient (Wildman–Crippen LogP) is 4.08. The van der Waals surface area contributed by atoms with Gasteiger partial charge in [0.25, 0.3) is 0 Å². The second-order valence-electron chi connectivity index (χ2n) is 3.88. The zero-order chi connectivity index (χ0) is 14.6. The summed E-state index contributed by atoms with van der Waals surface area (Å²) in [5.74, 6) is 0.209. The third kappa shape index (κ3) is 3.86. The topological polar surface area (TPSA) is 37.8 Å². The third-order valence-corrected chi connectivity index (χ3v) is 3.20. The van der Waals surface area contributed by atoms with Crippen molar-refractivity contribution in [1.82, 2.24) is 9.97 Å². The second kappa shape index (κ2) is 6.13. The zero-order valence-electron chi connectivity index (χ0n) is 10.6. The highest BCUT2D eigenvalue weighted by Gasteiger charge is 2.31. The molecule has 0 fully saturated rings. The summed E-state index contributed by atoms with van der Waals surface area (Å²) in [6.45, 7) is 2.30. The van der Waals surface area contributed by atoms with Gasteiger partial charge in [-0.05, 0) is 31.2 Å². The van der Waals surface area contributed by atoms with Gasteiger partial charge in [0.15, 0.2) is 0 Å². The van der Waals surface area contributed by atoms with Gasteiger partial charge in [-0.15, -0.1) is 0 Å². The van der Waals surface area contributed by atoms with Gasteiger partial charge < -0.3 is 5.32 Å². The Morgan fingerprint density at radius 3 is 2.60 bits per heavy atom. The average Bonchev–Trinajstić information content (AvgIpc) is 2.39. The highest BCUT2D eigenvalue weighted by molar-refractivity contribution is 7.99. The van der Waals surface area contributed by atoms with E-state index in [1.807, 2.05) is 0 Å². The van der Waals surface area contributed by atoms with E-state index in [-0.39, 0.29) is 10.8 Å². The maximum Gasteiger partial charge on any atom is 0.416 e. The Labute approximate surface area is 118 Å². The fourth-order valence-corrected chi connectivity index (χ4v) is 2.31. The van der Waals surface area contributed by atoms with Crippen molar-refractivity contribution in [3.05, 3.63) is 42.1 Å². The summed E-state index contributed by atoms with van der Waals surface area (Å²) in [4.78, 5) is 8.21. The van der Waals surface area contributed by atoms with E-state index in [2.05, 4.69) is 15.3 Å². The largest absolute Gasteiger partial charge is 0.416 e. The van der Waals surface area contributed by atoms with Crippen LogP contribution in [0.5, 0.6) is 0 Å². The normalized spacial score (nSPS) is 11.4. The van der Waals surface area contributed by atoms with Gasteiger partial charge in [-0.2, -0.15) is 13.2 Å². The Hall–Kier alpha value is -1.76. The number of halogens is 3. The molecule has 0 saturated carbocycles. The van der Waals surface area contributed by atoms with Crippen molar-refractivity contribution in [1.29, 1.82) is 0 Å².